The van der Waals surface area contributed by atoms with Gasteiger partial charge in [-0.25, -0.2) is 0 Å². The van der Waals surface area contributed by atoms with E-state index in [-0.39, 0.29) is 0 Å². The van der Waals surface area contributed by atoms with Crippen molar-refractivity contribution in [3.8, 4) is 0 Å². The molecule has 0 saturated heterocycles. The van der Waals surface area contributed by atoms with Crippen molar-refractivity contribution in [2.24, 2.45) is 0 Å². The van der Waals surface area contributed by atoms with E-state index in [2.05, 4.69) is 26.0 Å². The van der Waals surface area contributed by atoms with E-state index in [1.807, 2.05) is 0 Å². The summed E-state index contributed by atoms with van der Waals surface area (Å²) in [6.07, 6.45) is 51.4. The third-order valence-corrected chi connectivity index (χ3v) is 8.12. The SMILES string of the molecule is CCCCCCCCCCCCCCCCC/C=C\CCCCCCCCCCCCCCCCC. The van der Waals surface area contributed by atoms with Gasteiger partial charge in [0.05, 0.1) is 0 Å². The molecule has 0 rings (SSSR count). The number of hydrogen-bond acceptors (Lipinski definition) is 0. The van der Waals surface area contributed by atoms with Crippen molar-refractivity contribution in [2.45, 2.75) is 219 Å². The lowest BCUT2D eigenvalue weighted by Crippen LogP contribution is -1.83. The van der Waals surface area contributed by atoms with Crippen LogP contribution >= 0.6 is 0 Å². The molecule has 0 heterocycles. The fourth-order valence-electron chi connectivity index (χ4n) is 5.50. The number of rotatable bonds is 32. The maximum atomic E-state index is 2.46. The zero-order valence-corrected chi connectivity index (χ0v) is 25.8. The first-order chi connectivity index (χ1) is 17.9. The molecule has 0 heteroatoms. The Morgan fingerprint density at radius 3 is 0.583 bits per heavy atom. The first-order valence-corrected chi connectivity index (χ1v) is 17.6. The zero-order valence-electron chi connectivity index (χ0n) is 25.8. The normalized spacial score (nSPS) is 11.7. The van der Waals surface area contributed by atoms with Crippen molar-refractivity contribution in [3.63, 3.8) is 0 Å². The summed E-state index contributed by atoms with van der Waals surface area (Å²) in [5.74, 6) is 0. The molecule has 0 spiro atoms. The van der Waals surface area contributed by atoms with E-state index in [1.54, 1.807) is 0 Å². The van der Waals surface area contributed by atoms with Gasteiger partial charge in [-0.3, -0.25) is 0 Å². The summed E-state index contributed by atoms with van der Waals surface area (Å²) in [6, 6.07) is 0. The predicted molar refractivity (Wildman–Crippen MR) is 168 cm³/mol. The van der Waals surface area contributed by atoms with E-state index < -0.39 is 0 Å². The average molecular weight is 505 g/mol. The molecule has 0 radical (unpaired) electrons. The van der Waals surface area contributed by atoms with Crippen LogP contribution in [0.1, 0.15) is 219 Å². The Bertz CT molecular complexity index is 345. The molecule has 0 aliphatic carbocycles. The molecule has 216 valence electrons. The van der Waals surface area contributed by atoms with Crippen LogP contribution in [0.15, 0.2) is 12.2 Å². The third-order valence-electron chi connectivity index (χ3n) is 8.12. The number of allylic oxidation sites excluding steroid dienone is 2. The molecule has 0 bridgehead atoms. The van der Waals surface area contributed by atoms with Gasteiger partial charge in [0.15, 0.2) is 0 Å². The van der Waals surface area contributed by atoms with E-state index in [9.17, 15) is 0 Å². The van der Waals surface area contributed by atoms with E-state index in [0.717, 1.165) is 0 Å². The molecule has 0 fully saturated rings. The lowest BCUT2D eigenvalue weighted by Gasteiger charge is -2.03. The van der Waals surface area contributed by atoms with Crippen molar-refractivity contribution < 1.29 is 0 Å². The van der Waals surface area contributed by atoms with Crippen molar-refractivity contribution in [2.75, 3.05) is 0 Å². The van der Waals surface area contributed by atoms with Gasteiger partial charge < -0.3 is 0 Å². The standard InChI is InChI=1S/C36H72/c1-3-5-7-9-11-13-15-17-19-21-23-25-27-29-31-33-35-36-34-32-30-28-26-24-22-20-18-16-14-12-10-8-6-4-2/h35-36H,3-34H2,1-2H3/b36-35-. The van der Waals surface area contributed by atoms with Gasteiger partial charge in [-0.2, -0.15) is 0 Å². The molecule has 0 aliphatic rings. The quantitative estimate of drug-likeness (QED) is 0.0631. The molecule has 0 N–H and O–H groups in total. The number of unbranched alkanes of at least 4 members (excludes halogenated alkanes) is 30. The van der Waals surface area contributed by atoms with Gasteiger partial charge in [0.2, 0.25) is 0 Å². The third kappa shape index (κ3) is 33.7. The molecule has 0 aromatic carbocycles. The summed E-state index contributed by atoms with van der Waals surface area (Å²) in [7, 11) is 0. The largest absolute Gasteiger partial charge is 0.0885 e. The zero-order chi connectivity index (χ0) is 26.0. The lowest BCUT2D eigenvalue weighted by atomic mass is 10.0. The maximum Gasteiger partial charge on any atom is -0.0351 e. The Morgan fingerprint density at radius 2 is 0.389 bits per heavy atom. The highest BCUT2D eigenvalue weighted by atomic mass is 14.0. The fraction of sp³-hybridized carbons (Fsp3) is 0.944. The first kappa shape index (κ1) is 35.7. The molecule has 0 amide bonds. The minimum absolute atomic E-state index is 1.32. The molecule has 0 aromatic heterocycles. The Hall–Kier alpha value is -0.260. The Balaban J connectivity index is 3.07. The summed E-state index contributed by atoms with van der Waals surface area (Å²) < 4.78 is 0. The molecule has 0 aromatic rings. The molecular weight excluding hydrogens is 432 g/mol. The Labute approximate surface area is 231 Å². The van der Waals surface area contributed by atoms with Crippen molar-refractivity contribution in [3.05, 3.63) is 12.2 Å². The second-order valence-electron chi connectivity index (χ2n) is 11.9. The van der Waals surface area contributed by atoms with E-state index in [1.165, 1.54) is 205 Å². The van der Waals surface area contributed by atoms with Gasteiger partial charge in [-0.15, -0.1) is 0 Å². The van der Waals surface area contributed by atoms with Crippen LogP contribution in [-0.4, -0.2) is 0 Å². The summed E-state index contributed by atoms with van der Waals surface area (Å²) in [5, 5.41) is 0. The first-order valence-electron chi connectivity index (χ1n) is 17.6. The number of hydrogen-bond donors (Lipinski definition) is 0. The summed E-state index contributed by atoms with van der Waals surface area (Å²) in [5.41, 5.74) is 0. The van der Waals surface area contributed by atoms with Crippen molar-refractivity contribution in [1.29, 1.82) is 0 Å². The van der Waals surface area contributed by atoms with Crippen LogP contribution in [0.3, 0.4) is 0 Å². The van der Waals surface area contributed by atoms with E-state index >= 15 is 0 Å². The van der Waals surface area contributed by atoms with Gasteiger partial charge in [-0.05, 0) is 25.7 Å². The molecular formula is C36H72. The highest BCUT2D eigenvalue weighted by Gasteiger charge is 1.95. The van der Waals surface area contributed by atoms with Crippen LogP contribution in [0.2, 0.25) is 0 Å². The monoisotopic (exact) mass is 505 g/mol. The van der Waals surface area contributed by atoms with Crippen LogP contribution < -0.4 is 0 Å². The smallest absolute Gasteiger partial charge is 0.0351 e. The van der Waals surface area contributed by atoms with Crippen molar-refractivity contribution >= 4 is 0 Å². The predicted octanol–water partition coefficient (Wildman–Crippen LogP) is 14.1. The summed E-state index contributed by atoms with van der Waals surface area (Å²) >= 11 is 0. The van der Waals surface area contributed by atoms with Gasteiger partial charge in [-0.1, -0.05) is 206 Å². The van der Waals surface area contributed by atoms with E-state index in [4.69, 9.17) is 0 Å². The van der Waals surface area contributed by atoms with Crippen LogP contribution in [0, 0.1) is 0 Å². The van der Waals surface area contributed by atoms with Gasteiger partial charge in [0, 0.05) is 0 Å². The molecule has 0 atom stereocenters. The minimum atomic E-state index is 1.32. The molecule has 36 heavy (non-hydrogen) atoms. The van der Waals surface area contributed by atoms with E-state index in [0.29, 0.717) is 0 Å². The molecule has 0 aliphatic heterocycles. The molecule has 0 unspecified atom stereocenters. The van der Waals surface area contributed by atoms with Crippen molar-refractivity contribution in [1.82, 2.24) is 0 Å². The van der Waals surface area contributed by atoms with Gasteiger partial charge >= 0.3 is 0 Å². The van der Waals surface area contributed by atoms with Gasteiger partial charge in [0.1, 0.15) is 0 Å². The average Bonchev–Trinajstić information content (AvgIpc) is 2.89. The van der Waals surface area contributed by atoms with Crippen LogP contribution in [0.5, 0.6) is 0 Å². The van der Waals surface area contributed by atoms with Gasteiger partial charge in [0.25, 0.3) is 0 Å². The maximum absolute atomic E-state index is 2.46. The minimum Gasteiger partial charge on any atom is -0.0885 e. The fourth-order valence-corrected chi connectivity index (χ4v) is 5.50. The highest BCUT2D eigenvalue weighted by molar-refractivity contribution is 4.81. The Kier molecular flexibility index (Phi) is 34.5. The summed E-state index contributed by atoms with van der Waals surface area (Å²) in [6.45, 7) is 4.61. The Morgan fingerprint density at radius 1 is 0.222 bits per heavy atom. The topological polar surface area (TPSA) is 0 Å². The second-order valence-corrected chi connectivity index (χ2v) is 11.9. The second kappa shape index (κ2) is 34.7. The molecule has 0 saturated carbocycles. The van der Waals surface area contributed by atoms with Crippen LogP contribution in [0.25, 0.3) is 0 Å². The molecule has 0 nitrogen and oxygen atoms in total. The van der Waals surface area contributed by atoms with Crippen LogP contribution in [0.4, 0.5) is 0 Å². The summed E-state index contributed by atoms with van der Waals surface area (Å²) in [4.78, 5) is 0. The highest BCUT2D eigenvalue weighted by Crippen LogP contribution is 2.15. The van der Waals surface area contributed by atoms with Crippen LogP contribution in [-0.2, 0) is 0 Å². The lowest BCUT2D eigenvalue weighted by molar-refractivity contribution is 0.532.